The van der Waals surface area contributed by atoms with Crippen molar-refractivity contribution in [3.8, 4) is 0 Å². The van der Waals surface area contributed by atoms with E-state index in [0.29, 0.717) is 11.4 Å². The number of benzene rings is 2. The van der Waals surface area contributed by atoms with E-state index in [-0.39, 0.29) is 11.7 Å². The molecule has 2 rings (SSSR count). The SMILES string of the molecule is Cc1ccc(NS(=O)(=O)CC(C)C(=O)Nc2cccc(C)c2C)cc1. The van der Waals surface area contributed by atoms with Crippen LogP contribution in [0.25, 0.3) is 0 Å². The van der Waals surface area contributed by atoms with Crippen LogP contribution in [-0.4, -0.2) is 20.1 Å². The number of anilines is 2. The second kappa shape index (κ2) is 7.70. The highest BCUT2D eigenvalue weighted by Crippen LogP contribution is 2.19. The summed E-state index contributed by atoms with van der Waals surface area (Å²) in [5, 5.41) is 2.81. The lowest BCUT2D eigenvalue weighted by Crippen LogP contribution is -2.30. The van der Waals surface area contributed by atoms with Crippen molar-refractivity contribution in [3.63, 3.8) is 0 Å². The molecule has 0 radical (unpaired) electrons. The van der Waals surface area contributed by atoms with Gasteiger partial charge in [-0.25, -0.2) is 8.42 Å². The average molecular weight is 360 g/mol. The molecule has 0 bridgehead atoms. The molecule has 0 aromatic heterocycles. The zero-order valence-corrected chi connectivity index (χ0v) is 15.8. The Hall–Kier alpha value is -2.34. The summed E-state index contributed by atoms with van der Waals surface area (Å²) >= 11 is 0. The van der Waals surface area contributed by atoms with E-state index in [2.05, 4.69) is 10.0 Å². The Labute approximate surface area is 149 Å². The Bertz CT molecular complexity index is 859. The minimum absolute atomic E-state index is 0.280. The zero-order chi connectivity index (χ0) is 18.6. The van der Waals surface area contributed by atoms with Gasteiger partial charge in [-0.3, -0.25) is 9.52 Å². The van der Waals surface area contributed by atoms with Crippen LogP contribution in [0.3, 0.4) is 0 Å². The second-order valence-electron chi connectivity index (χ2n) is 6.39. The number of hydrogen-bond donors (Lipinski definition) is 2. The van der Waals surface area contributed by atoms with Crippen molar-refractivity contribution in [3.05, 3.63) is 59.2 Å². The summed E-state index contributed by atoms with van der Waals surface area (Å²) in [6, 6.07) is 12.7. The van der Waals surface area contributed by atoms with Crippen LogP contribution < -0.4 is 10.0 Å². The lowest BCUT2D eigenvalue weighted by Gasteiger charge is -2.15. The Morgan fingerprint density at radius 1 is 1.04 bits per heavy atom. The van der Waals surface area contributed by atoms with Crippen LogP contribution in [0.4, 0.5) is 11.4 Å². The highest BCUT2D eigenvalue weighted by atomic mass is 32.2. The number of amides is 1. The van der Waals surface area contributed by atoms with E-state index in [4.69, 9.17) is 0 Å². The normalized spacial score (nSPS) is 12.5. The Morgan fingerprint density at radius 2 is 1.68 bits per heavy atom. The molecule has 0 saturated heterocycles. The van der Waals surface area contributed by atoms with Crippen LogP contribution in [0.2, 0.25) is 0 Å². The van der Waals surface area contributed by atoms with E-state index in [1.807, 2.05) is 51.1 Å². The number of hydrogen-bond acceptors (Lipinski definition) is 3. The monoisotopic (exact) mass is 360 g/mol. The molecule has 0 saturated carbocycles. The van der Waals surface area contributed by atoms with E-state index >= 15 is 0 Å². The second-order valence-corrected chi connectivity index (χ2v) is 8.15. The molecular weight excluding hydrogens is 336 g/mol. The summed E-state index contributed by atoms with van der Waals surface area (Å²) in [5.74, 6) is -1.27. The molecule has 5 nitrogen and oxygen atoms in total. The number of rotatable bonds is 6. The first-order valence-electron chi connectivity index (χ1n) is 8.12. The summed E-state index contributed by atoms with van der Waals surface area (Å²) < 4.78 is 27.1. The van der Waals surface area contributed by atoms with Gasteiger partial charge >= 0.3 is 0 Å². The number of sulfonamides is 1. The third kappa shape index (κ3) is 5.32. The van der Waals surface area contributed by atoms with E-state index in [9.17, 15) is 13.2 Å². The first-order chi connectivity index (χ1) is 11.7. The summed E-state index contributed by atoms with van der Waals surface area (Å²) in [5.41, 5.74) is 4.29. The van der Waals surface area contributed by atoms with Crippen LogP contribution in [0.5, 0.6) is 0 Å². The number of nitrogens with one attached hydrogen (secondary N) is 2. The van der Waals surface area contributed by atoms with Crippen molar-refractivity contribution in [2.45, 2.75) is 27.7 Å². The van der Waals surface area contributed by atoms with E-state index in [1.54, 1.807) is 19.1 Å². The van der Waals surface area contributed by atoms with Crippen molar-refractivity contribution in [1.29, 1.82) is 0 Å². The molecule has 2 aromatic carbocycles. The van der Waals surface area contributed by atoms with Crippen LogP contribution >= 0.6 is 0 Å². The number of carbonyl (C=O) groups excluding carboxylic acids is 1. The van der Waals surface area contributed by atoms with Crippen molar-refractivity contribution < 1.29 is 13.2 Å². The summed E-state index contributed by atoms with van der Waals surface area (Å²) in [6.45, 7) is 7.42. The van der Waals surface area contributed by atoms with Gasteiger partial charge in [-0.05, 0) is 50.1 Å². The minimum Gasteiger partial charge on any atom is -0.326 e. The van der Waals surface area contributed by atoms with Gasteiger partial charge in [-0.15, -0.1) is 0 Å². The van der Waals surface area contributed by atoms with E-state index in [1.165, 1.54) is 0 Å². The summed E-state index contributed by atoms with van der Waals surface area (Å²) in [6.07, 6.45) is 0. The Balaban J connectivity index is 2.02. The van der Waals surface area contributed by atoms with Gasteiger partial charge in [0.1, 0.15) is 0 Å². The maximum absolute atomic E-state index is 12.3. The lowest BCUT2D eigenvalue weighted by atomic mass is 10.1. The molecule has 1 unspecified atom stereocenters. The molecule has 25 heavy (non-hydrogen) atoms. The molecule has 134 valence electrons. The van der Waals surface area contributed by atoms with Gasteiger partial charge in [-0.1, -0.05) is 36.8 Å². The molecule has 1 atom stereocenters. The smallest absolute Gasteiger partial charge is 0.233 e. The molecule has 1 amide bonds. The van der Waals surface area contributed by atoms with Crippen molar-refractivity contribution in [2.75, 3.05) is 15.8 Å². The minimum atomic E-state index is -3.61. The van der Waals surface area contributed by atoms with Gasteiger partial charge in [0.15, 0.2) is 0 Å². The number of aryl methyl sites for hydroxylation is 2. The molecule has 2 aromatic rings. The van der Waals surface area contributed by atoms with E-state index in [0.717, 1.165) is 16.7 Å². The topological polar surface area (TPSA) is 75.3 Å². The zero-order valence-electron chi connectivity index (χ0n) is 15.0. The third-order valence-corrected chi connectivity index (χ3v) is 5.59. The Morgan fingerprint density at radius 3 is 2.32 bits per heavy atom. The predicted molar refractivity (Wildman–Crippen MR) is 102 cm³/mol. The van der Waals surface area contributed by atoms with Gasteiger partial charge in [0.05, 0.1) is 11.7 Å². The summed E-state index contributed by atoms with van der Waals surface area (Å²) in [7, 11) is -3.61. The molecule has 0 heterocycles. The van der Waals surface area contributed by atoms with Crippen LogP contribution in [0.1, 0.15) is 23.6 Å². The Kier molecular flexibility index (Phi) is 5.85. The van der Waals surface area contributed by atoms with Gasteiger partial charge in [0.25, 0.3) is 0 Å². The molecule has 0 aliphatic rings. The highest BCUT2D eigenvalue weighted by Gasteiger charge is 2.22. The predicted octanol–water partition coefficient (Wildman–Crippen LogP) is 3.63. The lowest BCUT2D eigenvalue weighted by molar-refractivity contribution is -0.118. The first-order valence-corrected chi connectivity index (χ1v) is 9.77. The molecule has 0 spiro atoms. The van der Waals surface area contributed by atoms with Crippen molar-refractivity contribution in [2.24, 2.45) is 5.92 Å². The third-order valence-electron chi connectivity index (χ3n) is 4.10. The van der Waals surface area contributed by atoms with E-state index < -0.39 is 15.9 Å². The fourth-order valence-electron chi connectivity index (χ4n) is 2.39. The average Bonchev–Trinajstić information content (AvgIpc) is 2.53. The largest absolute Gasteiger partial charge is 0.326 e. The van der Waals surface area contributed by atoms with Crippen molar-refractivity contribution >= 4 is 27.3 Å². The van der Waals surface area contributed by atoms with Crippen LogP contribution in [0.15, 0.2) is 42.5 Å². The number of carbonyl (C=O) groups is 1. The summed E-state index contributed by atoms with van der Waals surface area (Å²) in [4.78, 5) is 12.3. The molecule has 2 N–H and O–H groups in total. The van der Waals surface area contributed by atoms with Gasteiger partial charge in [-0.2, -0.15) is 0 Å². The van der Waals surface area contributed by atoms with Crippen LogP contribution in [0, 0.1) is 26.7 Å². The first kappa shape index (κ1) is 19.0. The maximum atomic E-state index is 12.3. The molecule has 0 fully saturated rings. The molecule has 6 heteroatoms. The maximum Gasteiger partial charge on any atom is 0.233 e. The molecular formula is C19H24N2O3S. The standard InChI is InChI=1S/C19H24N2O3S/c1-13-8-10-17(11-9-13)21-25(23,24)12-15(3)19(22)20-18-7-5-6-14(2)16(18)4/h5-11,15,21H,12H2,1-4H3,(H,20,22). The fourth-order valence-corrected chi connectivity index (χ4v) is 3.78. The molecule has 0 aliphatic heterocycles. The highest BCUT2D eigenvalue weighted by molar-refractivity contribution is 7.92. The quantitative estimate of drug-likeness (QED) is 0.826. The van der Waals surface area contributed by atoms with Crippen molar-refractivity contribution in [1.82, 2.24) is 0 Å². The van der Waals surface area contributed by atoms with Crippen LogP contribution in [-0.2, 0) is 14.8 Å². The van der Waals surface area contributed by atoms with Gasteiger partial charge in [0, 0.05) is 11.4 Å². The fraction of sp³-hybridized carbons (Fsp3) is 0.316. The molecule has 0 aliphatic carbocycles. The van der Waals surface area contributed by atoms with Gasteiger partial charge in [0.2, 0.25) is 15.9 Å². The van der Waals surface area contributed by atoms with Gasteiger partial charge < -0.3 is 5.32 Å².